The molecular formula is C19H17Cl2N3O2. The van der Waals surface area contributed by atoms with Gasteiger partial charge < -0.3 is 9.32 Å². The zero-order valence-electron chi connectivity index (χ0n) is 14.2. The summed E-state index contributed by atoms with van der Waals surface area (Å²) >= 11 is 12.2. The minimum Gasteiger partial charge on any atom is -0.459 e. The largest absolute Gasteiger partial charge is 0.459 e. The van der Waals surface area contributed by atoms with E-state index in [1.165, 1.54) is 6.26 Å². The van der Waals surface area contributed by atoms with E-state index in [2.05, 4.69) is 0 Å². The topological polar surface area (TPSA) is 58.2 Å². The highest BCUT2D eigenvalue weighted by Gasteiger charge is 2.40. The first kappa shape index (κ1) is 17.3. The van der Waals surface area contributed by atoms with Crippen molar-refractivity contribution in [3.8, 4) is 0 Å². The number of furan rings is 1. The lowest BCUT2D eigenvalue weighted by atomic mass is 9.98. The van der Waals surface area contributed by atoms with Crippen LogP contribution < -0.4 is 0 Å². The third-order valence-electron chi connectivity index (χ3n) is 4.76. The maximum atomic E-state index is 12.4. The van der Waals surface area contributed by atoms with E-state index in [9.17, 15) is 4.79 Å². The Bertz CT molecular complexity index is 891. The predicted molar refractivity (Wildman–Crippen MR) is 103 cm³/mol. The van der Waals surface area contributed by atoms with Gasteiger partial charge in [0.25, 0.3) is 5.91 Å². The second-order valence-corrected chi connectivity index (χ2v) is 7.44. The van der Waals surface area contributed by atoms with Gasteiger partial charge in [0.2, 0.25) is 0 Å². The van der Waals surface area contributed by atoms with Gasteiger partial charge in [-0.2, -0.15) is 0 Å². The van der Waals surface area contributed by atoms with Crippen molar-refractivity contribution in [1.29, 1.82) is 0 Å². The van der Waals surface area contributed by atoms with Crippen LogP contribution in [0, 0.1) is 0 Å². The summed E-state index contributed by atoms with van der Waals surface area (Å²) in [6.45, 7) is 3.12. The number of hydrogen-bond acceptors (Lipinski definition) is 4. The van der Waals surface area contributed by atoms with E-state index in [0.29, 0.717) is 41.7 Å². The number of benzene rings is 1. The molecule has 3 heterocycles. The van der Waals surface area contributed by atoms with Crippen LogP contribution in [0.5, 0.6) is 0 Å². The van der Waals surface area contributed by atoms with Crippen molar-refractivity contribution in [3.05, 3.63) is 58.0 Å². The molecule has 0 N–H and O–H groups in total. The van der Waals surface area contributed by atoms with Crippen molar-refractivity contribution in [1.82, 2.24) is 4.90 Å². The van der Waals surface area contributed by atoms with Crippen LogP contribution in [0.25, 0.3) is 0 Å². The molecule has 0 radical (unpaired) electrons. The van der Waals surface area contributed by atoms with Crippen LogP contribution in [0.1, 0.15) is 35.9 Å². The van der Waals surface area contributed by atoms with Crippen LogP contribution >= 0.6 is 23.2 Å². The molecule has 2 aliphatic rings. The Morgan fingerprint density at radius 3 is 2.46 bits per heavy atom. The van der Waals surface area contributed by atoms with Crippen molar-refractivity contribution >= 4 is 40.5 Å². The molecule has 2 aromatic rings. The van der Waals surface area contributed by atoms with Crippen LogP contribution in [0.4, 0.5) is 0 Å². The molecule has 5 nitrogen and oxygen atoms in total. The molecule has 0 aliphatic carbocycles. The predicted octanol–water partition coefficient (Wildman–Crippen LogP) is 4.48. The van der Waals surface area contributed by atoms with Gasteiger partial charge >= 0.3 is 0 Å². The molecule has 4 rings (SSSR count). The van der Waals surface area contributed by atoms with Gasteiger partial charge in [-0.05, 0) is 37.3 Å². The number of hydrogen-bond donors (Lipinski definition) is 0. The fraction of sp³-hybridized carbons (Fsp3) is 0.316. The Morgan fingerprint density at radius 1 is 1.15 bits per heavy atom. The molecule has 7 heteroatoms. The monoisotopic (exact) mass is 389 g/mol. The number of halogens is 2. The molecule has 1 spiro atoms. The zero-order chi connectivity index (χ0) is 18.3. The molecule has 134 valence electrons. The summed E-state index contributed by atoms with van der Waals surface area (Å²) in [5, 5.41) is 1.14. The number of carbonyl (C=O) groups is 1. The van der Waals surface area contributed by atoms with E-state index < -0.39 is 5.66 Å². The molecule has 1 amide bonds. The maximum Gasteiger partial charge on any atom is 0.289 e. The van der Waals surface area contributed by atoms with Crippen molar-refractivity contribution < 1.29 is 9.21 Å². The summed E-state index contributed by atoms with van der Waals surface area (Å²) < 4.78 is 5.21. The molecule has 0 atom stereocenters. The second kappa shape index (κ2) is 6.56. The van der Waals surface area contributed by atoms with Gasteiger partial charge in [-0.3, -0.25) is 14.8 Å². The molecular weight excluding hydrogens is 373 g/mol. The third kappa shape index (κ3) is 3.17. The number of likely N-dealkylation sites (tertiary alicyclic amines) is 1. The van der Waals surface area contributed by atoms with Crippen molar-refractivity contribution in [2.75, 3.05) is 13.1 Å². The highest BCUT2D eigenvalue weighted by molar-refractivity contribution is 6.49. The van der Waals surface area contributed by atoms with Gasteiger partial charge in [-0.25, -0.2) is 0 Å². The first-order chi connectivity index (χ1) is 12.5. The van der Waals surface area contributed by atoms with Crippen molar-refractivity contribution in [2.24, 2.45) is 9.98 Å². The molecule has 0 bridgehead atoms. The maximum absolute atomic E-state index is 12.4. The van der Waals surface area contributed by atoms with Crippen LogP contribution in [0.2, 0.25) is 10.0 Å². The van der Waals surface area contributed by atoms with Gasteiger partial charge in [-0.1, -0.05) is 23.2 Å². The van der Waals surface area contributed by atoms with Crippen LogP contribution in [-0.4, -0.2) is 41.0 Å². The molecule has 1 saturated heterocycles. The average molecular weight is 390 g/mol. The van der Waals surface area contributed by atoms with Crippen molar-refractivity contribution in [3.63, 3.8) is 0 Å². The van der Waals surface area contributed by atoms with E-state index in [0.717, 1.165) is 17.0 Å². The summed E-state index contributed by atoms with van der Waals surface area (Å²) in [5.41, 5.74) is 2.05. The Morgan fingerprint density at radius 2 is 1.85 bits per heavy atom. The van der Waals surface area contributed by atoms with Gasteiger partial charge in [0.05, 0.1) is 17.7 Å². The standard InChI is InChI=1S/C19H17Cl2N3O2/c1-12-17(13-9-14(20)11-15(21)10-13)23-19(22-12)4-6-24(7-5-19)18(25)16-3-2-8-26-16/h2-3,8-11H,4-7H2,1H3. The van der Waals surface area contributed by atoms with E-state index in [1.807, 2.05) is 19.1 Å². The lowest BCUT2D eigenvalue weighted by molar-refractivity contribution is 0.0647. The minimum absolute atomic E-state index is 0.0885. The molecule has 26 heavy (non-hydrogen) atoms. The number of aliphatic imine (C=N–C) groups is 2. The SMILES string of the molecule is CC1=NC2(CCN(C(=O)c3ccco3)CC2)N=C1c1cc(Cl)cc(Cl)c1. The number of amides is 1. The Hall–Kier alpha value is -2.11. The van der Waals surface area contributed by atoms with E-state index in [1.54, 1.807) is 23.1 Å². The van der Waals surface area contributed by atoms with Crippen LogP contribution in [0.15, 0.2) is 51.0 Å². The Balaban J connectivity index is 1.54. The fourth-order valence-corrected chi connectivity index (χ4v) is 4.02. The minimum atomic E-state index is -0.506. The molecule has 0 unspecified atom stereocenters. The summed E-state index contributed by atoms with van der Waals surface area (Å²) in [5.74, 6) is 0.277. The van der Waals surface area contributed by atoms with Gasteiger partial charge in [-0.15, -0.1) is 0 Å². The summed E-state index contributed by atoms with van der Waals surface area (Å²) in [6.07, 6.45) is 2.86. The van der Waals surface area contributed by atoms with Gasteiger partial charge in [0.1, 0.15) is 0 Å². The third-order valence-corrected chi connectivity index (χ3v) is 5.19. The molecule has 1 fully saturated rings. The highest BCUT2D eigenvalue weighted by atomic mass is 35.5. The van der Waals surface area contributed by atoms with Crippen LogP contribution in [-0.2, 0) is 0 Å². The number of rotatable bonds is 2. The molecule has 0 saturated carbocycles. The summed E-state index contributed by atoms with van der Waals surface area (Å²) in [7, 11) is 0. The van der Waals surface area contributed by atoms with E-state index in [-0.39, 0.29) is 5.91 Å². The second-order valence-electron chi connectivity index (χ2n) is 6.57. The Kier molecular flexibility index (Phi) is 4.37. The van der Waals surface area contributed by atoms with Gasteiger partial charge in [0, 0.05) is 41.5 Å². The molecule has 2 aliphatic heterocycles. The lowest BCUT2D eigenvalue weighted by Crippen LogP contribution is -2.44. The summed E-state index contributed by atoms with van der Waals surface area (Å²) in [6, 6.07) is 8.79. The normalized spacial score (nSPS) is 18.8. The smallest absolute Gasteiger partial charge is 0.289 e. The fourth-order valence-electron chi connectivity index (χ4n) is 3.49. The number of piperidine rings is 1. The first-order valence-electron chi connectivity index (χ1n) is 8.42. The Labute approximate surface area is 161 Å². The average Bonchev–Trinajstić information content (AvgIpc) is 3.23. The zero-order valence-corrected chi connectivity index (χ0v) is 15.7. The molecule has 1 aromatic carbocycles. The first-order valence-corrected chi connectivity index (χ1v) is 9.17. The van der Waals surface area contributed by atoms with E-state index in [4.69, 9.17) is 37.6 Å². The van der Waals surface area contributed by atoms with E-state index >= 15 is 0 Å². The number of nitrogens with zero attached hydrogens (tertiary/aromatic N) is 3. The highest BCUT2D eigenvalue weighted by Crippen LogP contribution is 2.34. The van der Waals surface area contributed by atoms with Gasteiger partial charge in [0.15, 0.2) is 11.4 Å². The number of carbonyl (C=O) groups excluding carboxylic acids is 1. The molecule has 1 aromatic heterocycles. The lowest BCUT2D eigenvalue weighted by Gasteiger charge is -2.35. The van der Waals surface area contributed by atoms with Crippen molar-refractivity contribution in [2.45, 2.75) is 25.4 Å². The van der Waals surface area contributed by atoms with Crippen LogP contribution in [0.3, 0.4) is 0 Å². The quantitative estimate of drug-likeness (QED) is 0.759. The summed E-state index contributed by atoms with van der Waals surface area (Å²) in [4.78, 5) is 23.9.